The maximum absolute atomic E-state index is 13.3. The summed E-state index contributed by atoms with van der Waals surface area (Å²) in [5, 5.41) is 25.3. The molecule has 0 saturated carbocycles. The first-order valence-electron chi connectivity index (χ1n) is 13.5. The number of ketones is 1. The summed E-state index contributed by atoms with van der Waals surface area (Å²) in [6, 6.07) is 0.323. The van der Waals surface area contributed by atoms with E-state index in [0.29, 0.717) is 12.1 Å². The van der Waals surface area contributed by atoms with Crippen molar-refractivity contribution in [3.05, 3.63) is 35.3 Å². The normalized spacial score (nSPS) is 36.6. The number of carbonyl (C=O) groups is 2. The molecule has 5 N–H and O–H groups in total. The summed E-state index contributed by atoms with van der Waals surface area (Å²) in [7, 11) is 0. The number of cyclic esters (lactones) is 1. The predicted molar refractivity (Wildman–Crippen MR) is 144 cm³/mol. The number of nitrogens with one attached hydrogen (secondary N) is 1. The molecule has 2 aliphatic rings. The Kier molecular flexibility index (Phi) is 11.0. The second-order valence-corrected chi connectivity index (χ2v) is 11.6. The molecule has 1 fully saturated rings. The highest BCUT2D eigenvalue weighted by Gasteiger charge is 2.47. The third kappa shape index (κ3) is 8.42. The Balaban J connectivity index is 2.33. The number of carbonyl (C=O) groups excluding carboxylic acids is 2. The van der Waals surface area contributed by atoms with E-state index in [-0.39, 0.29) is 36.3 Å². The molecule has 8 heteroatoms. The van der Waals surface area contributed by atoms with Gasteiger partial charge in [0.15, 0.2) is 0 Å². The van der Waals surface area contributed by atoms with Gasteiger partial charge in [0.1, 0.15) is 18.1 Å². The van der Waals surface area contributed by atoms with Crippen LogP contribution in [0.4, 0.5) is 0 Å². The van der Waals surface area contributed by atoms with E-state index in [2.05, 4.69) is 11.4 Å². The predicted octanol–water partition coefficient (Wildman–Crippen LogP) is 3.52. The van der Waals surface area contributed by atoms with Crippen molar-refractivity contribution >= 4 is 11.8 Å². The molecule has 8 nitrogen and oxygen atoms in total. The van der Waals surface area contributed by atoms with E-state index in [1.807, 2.05) is 34.6 Å². The van der Waals surface area contributed by atoms with Crippen LogP contribution >= 0.6 is 0 Å². The number of Topliss-reactive ketones (excluding diaryl/α,β-unsaturated/α-hetero) is 1. The molecule has 0 bridgehead atoms. The van der Waals surface area contributed by atoms with Gasteiger partial charge < -0.3 is 30.7 Å². The van der Waals surface area contributed by atoms with Crippen LogP contribution in [-0.2, 0) is 19.1 Å². The van der Waals surface area contributed by atoms with Gasteiger partial charge in [-0.15, -0.1) is 0 Å². The maximum atomic E-state index is 13.3. The highest BCUT2D eigenvalue weighted by molar-refractivity contribution is 5.88. The van der Waals surface area contributed by atoms with Crippen LogP contribution in [0.1, 0.15) is 81.1 Å². The van der Waals surface area contributed by atoms with Crippen LogP contribution in [0.5, 0.6) is 0 Å². The van der Waals surface area contributed by atoms with Crippen LogP contribution in [0.3, 0.4) is 0 Å². The topological polar surface area (TPSA) is 141 Å². The summed E-state index contributed by atoms with van der Waals surface area (Å²) < 4.78 is 11.4. The third-order valence-corrected chi connectivity index (χ3v) is 8.00. The third-order valence-electron chi connectivity index (χ3n) is 8.00. The van der Waals surface area contributed by atoms with Crippen LogP contribution in [0, 0.1) is 17.3 Å². The first-order valence-corrected chi connectivity index (χ1v) is 13.5. The van der Waals surface area contributed by atoms with E-state index in [1.54, 1.807) is 26.8 Å². The van der Waals surface area contributed by atoms with Gasteiger partial charge >= 0.3 is 5.97 Å². The van der Waals surface area contributed by atoms with Gasteiger partial charge in [0.25, 0.3) is 0 Å². The number of esters is 1. The summed E-state index contributed by atoms with van der Waals surface area (Å²) in [5.41, 5.74) is 7.19. The number of ether oxygens (including phenoxy) is 2. The molecule has 2 heterocycles. The smallest absolute Gasteiger partial charge is 0.309 e. The maximum Gasteiger partial charge on any atom is 0.309 e. The second kappa shape index (κ2) is 13.1. The Morgan fingerprint density at radius 3 is 2.57 bits per heavy atom. The van der Waals surface area contributed by atoms with E-state index in [0.717, 1.165) is 24.0 Å². The van der Waals surface area contributed by atoms with Gasteiger partial charge in [0, 0.05) is 24.4 Å². The number of allylic oxidation sites excluding steroid dienone is 1. The molecule has 0 spiro atoms. The summed E-state index contributed by atoms with van der Waals surface area (Å²) >= 11 is 0. The Morgan fingerprint density at radius 2 is 1.95 bits per heavy atom. The lowest BCUT2D eigenvalue weighted by atomic mass is 9.73. The second-order valence-electron chi connectivity index (χ2n) is 11.6. The number of hydrogen-bond acceptors (Lipinski definition) is 8. The summed E-state index contributed by atoms with van der Waals surface area (Å²) in [5.74, 6) is -1.70. The molecule has 1 saturated heterocycles. The van der Waals surface area contributed by atoms with Crippen LogP contribution < -0.4 is 11.1 Å². The number of fused-ring (bicyclic) bond motifs is 1. The van der Waals surface area contributed by atoms with Gasteiger partial charge in [-0.3, -0.25) is 9.59 Å². The van der Waals surface area contributed by atoms with Crippen molar-refractivity contribution in [2.45, 2.75) is 118 Å². The fraction of sp³-hybridized carbons (Fsp3) is 0.724. The van der Waals surface area contributed by atoms with Gasteiger partial charge in [0.05, 0.1) is 35.8 Å². The van der Waals surface area contributed by atoms with E-state index >= 15 is 0 Å². The van der Waals surface area contributed by atoms with Gasteiger partial charge in [-0.1, -0.05) is 46.3 Å². The number of hydrogen-bond donors (Lipinski definition) is 4. The molecule has 0 aliphatic carbocycles. The standard InChI is InChI=1S/C29H48N2O6/c1-9-18(4)36-15-21(30)13-17(3)23-11-10-16(2)12-22-26(31-22)19(5)27(34)20(6)28(35)29(7,8)24(32)14-25(33)37-23/h10,13,15,18-20,22-24,26-27,31-32,34H,9,11-12,14,30H2,1-8H3/b16-10-,17-13+,21-15-/t18?,19-,20+,22?,23-,24-,26?,27-/m0/s1. The SMILES string of the molecule is CCC(C)O/C=C(N)/C=C(\C)[C@@H]1C/C=C(/C)CC2NC2[C@H](C)[C@H](O)[C@@H](C)C(=O)C(C)(C)[C@@H](O)CC(=O)O1. The molecular weight excluding hydrogens is 472 g/mol. The highest BCUT2D eigenvalue weighted by Crippen LogP contribution is 2.35. The molecule has 37 heavy (non-hydrogen) atoms. The van der Waals surface area contributed by atoms with E-state index in [4.69, 9.17) is 15.2 Å². The average molecular weight is 521 g/mol. The summed E-state index contributed by atoms with van der Waals surface area (Å²) in [4.78, 5) is 26.2. The number of aliphatic hydroxyl groups is 2. The van der Waals surface area contributed by atoms with Crippen molar-refractivity contribution in [2.75, 3.05) is 0 Å². The largest absolute Gasteiger partial charge is 0.496 e. The Morgan fingerprint density at radius 1 is 1.30 bits per heavy atom. The van der Waals surface area contributed by atoms with Crippen molar-refractivity contribution in [1.82, 2.24) is 5.32 Å². The van der Waals surface area contributed by atoms with Crippen molar-refractivity contribution < 1.29 is 29.3 Å². The lowest BCUT2D eigenvalue weighted by Gasteiger charge is -2.34. The zero-order chi connectivity index (χ0) is 28.1. The molecule has 0 amide bonds. The van der Waals surface area contributed by atoms with Gasteiger partial charge in [-0.05, 0) is 51.2 Å². The van der Waals surface area contributed by atoms with Crippen molar-refractivity contribution in [2.24, 2.45) is 23.0 Å². The lowest BCUT2D eigenvalue weighted by molar-refractivity contribution is -0.154. The molecule has 2 aliphatic heterocycles. The molecule has 8 atom stereocenters. The highest BCUT2D eigenvalue weighted by atomic mass is 16.5. The molecule has 0 aromatic carbocycles. The van der Waals surface area contributed by atoms with Gasteiger partial charge in [0.2, 0.25) is 0 Å². The quantitative estimate of drug-likeness (QED) is 0.142. The minimum atomic E-state index is -1.26. The molecule has 2 rings (SSSR count). The van der Waals surface area contributed by atoms with E-state index in [9.17, 15) is 19.8 Å². The number of aliphatic hydroxyl groups excluding tert-OH is 2. The fourth-order valence-corrected chi connectivity index (χ4v) is 4.84. The van der Waals surface area contributed by atoms with Gasteiger partial charge in [-0.2, -0.15) is 0 Å². The fourth-order valence-electron chi connectivity index (χ4n) is 4.84. The van der Waals surface area contributed by atoms with Crippen LogP contribution in [0.2, 0.25) is 0 Å². The monoisotopic (exact) mass is 520 g/mol. The Labute approximate surface area is 222 Å². The lowest BCUT2D eigenvalue weighted by Crippen LogP contribution is -2.46. The van der Waals surface area contributed by atoms with Gasteiger partial charge in [-0.25, -0.2) is 0 Å². The molecule has 0 radical (unpaired) electrons. The van der Waals surface area contributed by atoms with Crippen molar-refractivity contribution in [3.8, 4) is 0 Å². The van der Waals surface area contributed by atoms with Crippen LogP contribution in [-0.4, -0.2) is 58.5 Å². The zero-order valence-electron chi connectivity index (χ0n) is 23.8. The number of nitrogens with two attached hydrogens (primary N) is 1. The van der Waals surface area contributed by atoms with E-state index in [1.165, 1.54) is 6.26 Å². The van der Waals surface area contributed by atoms with Crippen molar-refractivity contribution in [1.29, 1.82) is 0 Å². The first kappa shape index (κ1) is 31.1. The Hall–Kier alpha value is -2.16. The molecule has 0 aromatic rings. The molecular formula is C29H48N2O6. The first-order chi connectivity index (χ1) is 17.2. The zero-order valence-corrected chi connectivity index (χ0v) is 23.8. The Bertz CT molecular complexity index is 908. The van der Waals surface area contributed by atoms with Crippen molar-refractivity contribution in [3.63, 3.8) is 0 Å². The summed E-state index contributed by atoms with van der Waals surface area (Å²) in [6.07, 6.45) is 4.40. The van der Waals surface area contributed by atoms with E-state index < -0.39 is 35.6 Å². The molecule has 0 aromatic heterocycles. The molecule has 210 valence electrons. The summed E-state index contributed by atoms with van der Waals surface area (Å²) in [6.45, 7) is 14.7. The number of rotatable bonds is 5. The van der Waals surface area contributed by atoms with Crippen LogP contribution in [0.15, 0.2) is 35.3 Å². The minimum absolute atomic E-state index is 0.0391. The average Bonchev–Trinajstić information content (AvgIpc) is 3.60. The minimum Gasteiger partial charge on any atom is -0.496 e. The molecule has 3 unspecified atom stereocenters. The van der Waals surface area contributed by atoms with Crippen LogP contribution in [0.25, 0.3) is 0 Å².